The predicted octanol–water partition coefficient (Wildman–Crippen LogP) is 3.51. The van der Waals surface area contributed by atoms with E-state index in [1.807, 2.05) is 0 Å². The van der Waals surface area contributed by atoms with Crippen LogP contribution in [0.1, 0.15) is 5.56 Å². The van der Waals surface area contributed by atoms with E-state index in [1.54, 1.807) is 0 Å². The summed E-state index contributed by atoms with van der Waals surface area (Å²) in [7, 11) is 0. The molecular formula is C14H10ClF2NO2. The molecule has 0 bridgehead atoms. The van der Waals surface area contributed by atoms with Crippen LogP contribution in [0.5, 0.6) is 5.75 Å². The predicted molar refractivity (Wildman–Crippen MR) is 71.8 cm³/mol. The molecule has 0 heterocycles. The average Bonchev–Trinajstić information content (AvgIpc) is 2.38. The molecule has 2 N–H and O–H groups in total. The number of carbonyl (C=O) groups excluding carboxylic acids is 1. The highest BCUT2D eigenvalue weighted by atomic mass is 35.5. The second kappa shape index (κ2) is 5.88. The Labute approximate surface area is 118 Å². The lowest BCUT2D eigenvalue weighted by Gasteiger charge is -2.07. The van der Waals surface area contributed by atoms with Crippen molar-refractivity contribution in [2.45, 2.75) is 6.42 Å². The molecule has 1 amide bonds. The molecule has 3 nitrogen and oxygen atoms in total. The molecule has 0 fully saturated rings. The normalized spacial score (nSPS) is 10.3. The maximum absolute atomic E-state index is 13.4. The van der Waals surface area contributed by atoms with Crippen LogP contribution in [0.3, 0.4) is 0 Å². The molecule has 20 heavy (non-hydrogen) atoms. The molecular weight excluding hydrogens is 288 g/mol. The Kier molecular flexibility index (Phi) is 4.20. The first-order valence-electron chi connectivity index (χ1n) is 5.68. The maximum atomic E-state index is 13.4. The van der Waals surface area contributed by atoms with E-state index >= 15 is 0 Å². The van der Waals surface area contributed by atoms with Crippen molar-refractivity contribution in [3.63, 3.8) is 0 Å². The molecule has 0 aliphatic rings. The number of phenolic OH excluding ortho intramolecular Hbond substituents is 1. The van der Waals surface area contributed by atoms with Crippen molar-refractivity contribution in [1.82, 2.24) is 0 Å². The summed E-state index contributed by atoms with van der Waals surface area (Å²) in [4.78, 5) is 11.7. The summed E-state index contributed by atoms with van der Waals surface area (Å²) in [5.74, 6) is -2.26. The van der Waals surface area contributed by atoms with Gasteiger partial charge in [0.05, 0.1) is 11.4 Å². The van der Waals surface area contributed by atoms with Gasteiger partial charge in [0.2, 0.25) is 5.91 Å². The largest absolute Gasteiger partial charge is 0.506 e. The number of aromatic hydroxyl groups is 1. The zero-order valence-electron chi connectivity index (χ0n) is 10.2. The van der Waals surface area contributed by atoms with Crippen LogP contribution in [0.4, 0.5) is 14.5 Å². The van der Waals surface area contributed by atoms with E-state index in [9.17, 15) is 18.7 Å². The van der Waals surface area contributed by atoms with Crippen LogP contribution < -0.4 is 5.32 Å². The fourth-order valence-corrected chi connectivity index (χ4v) is 1.83. The van der Waals surface area contributed by atoms with E-state index < -0.39 is 24.0 Å². The molecule has 0 radical (unpaired) electrons. The first-order chi connectivity index (χ1) is 9.47. The molecule has 0 saturated carbocycles. The van der Waals surface area contributed by atoms with Crippen molar-refractivity contribution >= 4 is 23.2 Å². The Balaban J connectivity index is 2.11. The van der Waals surface area contributed by atoms with Crippen LogP contribution in [0.15, 0.2) is 36.4 Å². The van der Waals surface area contributed by atoms with Gasteiger partial charge < -0.3 is 10.4 Å². The molecule has 2 aromatic carbocycles. The van der Waals surface area contributed by atoms with Crippen molar-refractivity contribution in [3.8, 4) is 5.75 Å². The summed E-state index contributed by atoms with van der Waals surface area (Å²) >= 11 is 5.69. The number of hydrogen-bond acceptors (Lipinski definition) is 2. The summed E-state index contributed by atoms with van der Waals surface area (Å²) in [5.41, 5.74) is 0.0319. The number of halogens is 3. The average molecular weight is 298 g/mol. The molecule has 6 heteroatoms. The number of rotatable bonds is 3. The van der Waals surface area contributed by atoms with Crippen LogP contribution in [-0.2, 0) is 11.2 Å². The standard InChI is InChI=1S/C14H10ClF2NO2/c15-10-6-8(4-5-13(10)19)18-14(20)7-9-11(16)2-1-3-12(9)17/h1-6,19H,7H2,(H,18,20). The van der Waals surface area contributed by atoms with Crippen molar-refractivity contribution in [2.75, 3.05) is 5.32 Å². The van der Waals surface area contributed by atoms with Gasteiger partial charge in [0.1, 0.15) is 17.4 Å². The molecule has 0 aromatic heterocycles. The van der Waals surface area contributed by atoms with Gasteiger partial charge in [0.15, 0.2) is 0 Å². The third-order valence-electron chi connectivity index (χ3n) is 2.63. The van der Waals surface area contributed by atoms with E-state index in [2.05, 4.69) is 5.32 Å². The minimum Gasteiger partial charge on any atom is -0.506 e. The van der Waals surface area contributed by atoms with Crippen LogP contribution in [0.2, 0.25) is 5.02 Å². The Bertz CT molecular complexity index is 641. The van der Waals surface area contributed by atoms with Gasteiger partial charge in [-0.3, -0.25) is 4.79 Å². The van der Waals surface area contributed by atoms with Crippen molar-refractivity contribution in [2.24, 2.45) is 0 Å². The summed E-state index contributed by atoms with van der Waals surface area (Å²) in [5, 5.41) is 11.8. The Morgan fingerprint density at radius 2 is 1.85 bits per heavy atom. The van der Waals surface area contributed by atoms with Gasteiger partial charge in [-0.15, -0.1) is 0 Å². The van der Waals surface area contributed by atoms with E-state index in [0.717, 1.165) is 12.1 Å². The lowest BCUT2D eigenvalue weighted by molar-refractivity contribution is -0.115. The van der Waals surface area contributed by atoms with E-state index in [-0.39, 0.29) is 16.3 Å². The van der Waals surface area contributed by atoms with E-state index in [1.165, 1.54) is 24.3 Å². The van der Waals surface area contributed by atoms with Crippen LogP contribution in [0, 0.1) is 11.6 Å². The van der Waals surface area contributed by atoms with Gasteiger partial charge in [-0.2, -0.15) is 0 Å². The van der Waals surface area contributed by atoms with Crippen molar-refractivity contribution in [1.29, 1.82) is 0 Å². The minimum atomic E-state index is -0.774. The van der Waals surface area contributed by atoms with E-state index in [0.29, 0.717) is 5.69 Å². The quantitative estimate of drug-likeness (QED) is 0.852. The Morgan fingerprint density at radius 1 is 1.20 bits per heavy atom. The molecule has 104 valence electrons. The van der Waals surface area contributed by atoms with Gasteiger partial charge in [0, 0.05) is 11.3 Å². The second-order valence-corrected chi connectivity index (χ2v) is 4.50. The van der Waals surface area contributed by atoms with Crippen LogP contribution in [0.25, 0.3) is 0 Å². The van der Waals surface area contributed by atoms with Crippen molar-refractivity contribution in [3.05, 3.63) is 58.6 Å². The summed E-state index contributed by atoms with van der Waals surface area (Å²) in [6, 6.07) is 7.48. The van der Waals surface area contributed by atoms with Crippen LogP contribution >= 0.6 is 11.6 Å². The summed E-state index contributed by atoms with van der Waals surface area (Å²) in [6.45, 7) is 0. The van der Waals surface area contributed by atoms with Gasteiger partial charge in [-0.25, -0.2) is 8.78 Å². The highest BCUT2D eigenvalue weighted by Crippen LogP contribution is 2.26. The monoisotopic (exact) mass is 297 g/mol. The highest BCUT2D eigenvalue weighted by molar-refractivity contribution is 6.32. The first kappa shape index (κ1) is 14.3. The molecule has 0 aliphatic heterocycles. The zero-order chi connectivity index (χ0) is 14.7. The summed E-state index contributed by atoms with van der Waals surface area (Å²) in [6.07, 6.45) is -0.434. The molecule has 0 saturated heterocycles. The van der Waals surface area contributed by atoms with Gasteiger partial charge in [-0.05, 0) is 30.3 Å². The third kappa shape index (κ3) is 3.24. The molecule has 0 atom stereocenters. The zero-order valence-corrected chi connectivity index (χ0v) is 10.9. The number of benzene rings is 2. The Hall–Kier alpha value is -2.14. The molecule has 0 unspecified atom stereocenters. The minimum absolute atomic E-state index is 0.0693. The second-order valence-electron chi connectivity index (χ2n) is 4.09. The third-order valence-corrected chi connectivity index (χ3v) is 2.93. The fourth-order valence-electron chi connectivity index (χ4n) is 1.65. The number of carbonyl (C=O) groups is 1. The molecule has 0 aliphatic carbocycles. The SMILES string of the molecule is O=C(Cc1c(F)cccc1F)Nc1ccc(O)c(Cl)c1. The fraction of sp³-hybridized carbons (Fsp3) is 0.0714. The number of amides is 1. The topological polar surface area (TPSA) is 49.3 Å². The number of hydrogen-bond donors (Lipinski definition) is 2. The van der Waals surface area contributed by atoms with Gasteiger partial charge in [-0.1, -0.05) is 17.7 Å². The Morgan fingerprint density at radius 3 is 2.45 bits per heavy atom. The van der Waals surface area contributed by atoms with Crippen LogP contribution in [-0.4, -0.2) is 11.0 Å². The highest BCUT2D eigenvalue weighted by Gasteiger charge is 2.13. The number of anilines is 1. The molecule has 2 aromatic rings. The lowest BCUT2D eigenvalue weighted by atomic mass is 10.1. The number of phenols is 1. The summed E-state index contributed by atoms with van der Waals surface area (Å²) < 4.78 is 26.8. The van der Waals surface area contributed by atoms with E-state index in [4.69, 9.17) is 11.6 Å². The van der Waals surface area contributed by atoms with Gasteiger partial charge in [0.25, 0.3) is 0 Å². The van der Waals surface area contributed by atoms with Gasteiger partial charge >= 0.3 is 0 Å². The maximum Gasteiger partial charge on any atom is 0.229 e. The lowest BCUT2D eigenvalue weighted by Crippen LogP contribution is -2.16. The number of nitrogens with one attached hydrogen (secondary N) is 1. The van der Waals surface area contributed by atoms with Crippen molar-refractivity contribution < 1.29 is 18.7 Å². The molecule has 2 rings (SSSR count). The first-order valence-corrected chi connectivity index (χ1v) is 6.06. The molecule has 0 spiro atoms. The smallest absolute Gasteiger partial charge is 0.229 e.